The zero-order valence-corrected chi connectivity index (χ0v) is 16.7. The summed E-state index contributed by atoms with van der Waals surface area (Å²) in [5, 5.41) is 13.8. The minimum Gasteiger partial charge on any atom is -0.507 e. The molecule has 0 unspecified atom stereocenters. The third-order valence-electron chi connectivity index (χ3n) is 4.80. The van der Waals surface area contributed by atoms with E-state index in [1.165, 1.54) is 11.1 Å². The zero-order valence-electron chi connectivity index (χ0n) is 16.7. The lowest BCUT2D eigenvalue weighted by atomic mass is 9.92. The van der Waals surface area contributed by atoms with Crippen LogP contribution in [0.4, 0.5) is 11.5 Å². The predicted molar refractivity (Wildman–Crippen MR) is 114 cm³/mol. The Labute approximate surface area is 162 Å². The summed E-state index contributed by atoms with van der Waals surface area (Å²) in [4.78, 5) is 4.77. The van der Waals surface area contributed by atoms with Crippen molar-refractivity contribution in [2.24, 2.45) is 0 Å². The van der Waals surface area contributed by atoms with Gasteiger partial charge in [0.15, 0.2) is 0 Å². The molecule has 0 amide bonds. The van der Waals surface area contributed by atoms with Crippen LogP contribution in [0.15, 0.2) is 54.6 Å². The number of phenols is 1. The van der Waals surface area contributed by atoms with Crippen molar-refractivity contribution in [3.05, 3.63) is 71.3 Å². The Morgan fingerprint density at radius 2 is 1.48 bits per heavy atom. The molecule has 140 valence electrons. The quantitative estimate of drug-likeness (QED) is 0.529. The molecule has 3 aromatic rings. The van der Waals surface area contributed by atoms with Crippen molar-refractivity contribution in [2.45, 2.75) is 46.5 Å². The molecule has 0 saturated heterocycles. The number of hydrogen-bond donors (Lipinski definition) is 2. The predicted octanol–water partition coefficient (Wildman–Crippen LogP) is 6.75. The Morgan fingerprint density at radius 3 is 2.11 bits per heavy atom. The normalized spacial score (nSPS) is 11.2. The number of nitrogens with zero attached hydrogens (tertiary/aromatic N) is 1. The first kappa shape index (κ1) is 19.0. The molecule has 0 aliphatic carbocycles. The zero-order chi connectivity index (χ0) is 19.6. The van der Waals surface area contributed by atoms with Crippen molar-refractivity contribution in [3.8, 4) is 17.0 Å². The molecule has 3 nitrogen and oxygen atoms in total. The van der Waals surface area contributed by atoms with E-state index in [1.54, 1.807) is 6.07 Å². The van der Waals surface area contributed by atoms with Gasteiger partial charge < -0.3 is 10.4 Å². The minimum atomic E-state index is 0.246. The second-order valence-corrected chi connectivity index (χ2v) is 7.67. The van der Waals surface area contributed by atoms with E-state index in [2.05, 4.69) is 51.2 Å². The van der Waals surface area contributed by atoms with E-state index in [-0.39, 0.29) is 5.75 Å². The number of phenolic OH excluding ortho intramolecular Hbond substituents is 1. The van der Waals surface area contributed by atoms with Gasteiger partial charge in [-0.15, -0.1) is 0 Å². The van der Waals surface area contributed by atoms with Gasteiger partial charge in [-0.05, 0) is 54.2 Å². The molecule has 0 saturated carbocycles. The van der Waals surface area contributed by atoms with E-state index < -0.39 is 0 Å². The number of anilines is 2. The molecule has 3 rings (SSSR count). The third kappa shape index (κ3) is 4.13. The second kappa shape index (κ2) is 7.83. The van der Waals surface area contributed by atoms with Crippen molar-refractivity contribution in [1.29, 1.82) is 0 Å². The highest BCUT2D eigenvalue weighted by Crippen LogP contribution is 2.35. The van der Waals surface area contributed by atoms with Gasteiger partial charge in [0.05, 0.1) is 5.69 Å². The highest BCUT2D eigenvalue weighted by molar-refractivity contribution is 5.71. The number of hydrogen-bond acceptors (Lipinski definition) is 3. The fourth-order valence-electron chi connectivity index (χ4n) is 3.33. The molecule has 27 heavy (non-hydrogen) atoms. The fraction of sp³-hybridized carbons (Fsp3) is 0.292. The van der Waals surface area contributed by atoms with Crippen LogP contribution in [0.5, 0.6) is 5.75 Å². The van der Waals surface area contributed by atoms with E-state index in [0.29, 0.717) is 11.8 Å². The van der Waals surface area contributed by atoms with Gasteiger partial charge in [-0.1, -0.05) is 63.6 Å². The monoisotopic (exact) mass is 360 g/mol. The number of nitrogens with one attached hydrogen (secondary N) is 1. The van der Waals surface area contributed by atoms with Crippen molar-refractivity contribution in [2.75, 3.05) is 5.32 Å². The lowest BCUT2D eigenvalue weighted by molar-refractivity contribution is 0.477. The largest absolute Gasteiger partial charge is 0.507 e. The number of benzene rings is 2. The number of aromatic nitrogens is 1. The van der Waals surface area contributed by atoms with E-state index in [1.807, 2.05) is 37.3 Å². The van der Waals surface area contributed by atoms with Crippen molar-refractivity contribution in [3.63, 3.8) is 0 Å². The van der Waals surface area contributed by atoms with Gasteiger partial charge in [-0.25, -0.2) is 4.98 Å². The van der Waals surface area contributed by atoms with Crippen LogP contribution < -0.4 is 5.32 Å². The standard InChI is InChI=1S/C24H28N2O/c1-15(2)18-8-6-9-19(16(3)4)24(18)26-23-11-7-10-21(25-23)20-14-17(5)12-13-22(20)27/h6-16,27H,1-5H3,(H,25,26). The van der Waals surface area contributed by atoms with Crippen molar-refractivity contribution < 1.29 is 5.11 Å². The Morgan fingerprint density at radius 1 is 0.852 bits per heavy atom. The average molecular weight is 361 g/mol. The summed E-state index contributed by atoms with van der Waals surface area (Å²) in [5.41, 5.74) is 6.31. The molecule has 3 heteroatoms. The van der Waals surface area contributed by atoms with Gasteiger partial charge in [0.2, 0.25) is 0 Å². The summed E-state index contributed by atoms with van der Waals surface area (Å²) >= 11 is 0. The van der Waals surface area contributed by atoms with Crippen LogP contribution in [-0.2, 0) is 0 Å². The highest BCUT2D eigenvalue weighted by atomic mass is 16.3. The first-order valence-corrected chi connectivity index (χ1v) is 9.53. The fourth-order valence-corrected chi connectivity index (χ4v) is 3.33. The van der Waals surface area contributed by atoms with Gasteiger partial charge in [0, 0.05) is 11.3 Å². The van der Waals surface area contributed by atoms with Crippen LogP contribution in [0.3, 0.4) is 0 Å². The van der Waals surface area contributed by atoms with Gasteiger partial charge >= 0.3 is 0 Å². The Bertz CT molecular complexity index is 919. The molecular formula is C24H28N2O. The molecule has 2 N–H and O–H groups in total. The Hall–Kier alpha value is -2.81. The number of para-hydroxylation sites is 1. The molecule has 0 aliphatic heterocycles. The molecule has 0 radical (unpaired) electrons. The molecule has 0 fully saturated rings. The summed E-state index contributed by atoms with van der Waals surface area (Å²) in [7, 11) is 0. The first-order valence-electron chi connectivity index (χ1n) is 9.53. The first-order chi connectivity index (χ1) is 12.9. The number of aromatic hydroxyl groups is 1. The average Bonchev–Trinajstić information content (AvgIpc) is 2.63. The summed E-state index contributed by atoms with van der Waals surface area (Å²) in [6.45, 7) is 10.8. The minimum absolute atomic E-state index is 0.246. The van der Waals surface area contributed by atoms with Gasteiger partial charge in [-0.3, -0.25) is 0 Å². The van der Waals surface area contributed by atoms with E-state index in [9.17, 15) is 5.11 Å². The third-order valence-corrected chi connectivity index (χ3v) is 4.80. The number of rotatable bonds is 5. The van der Waals surface area contributed by atoms with Crippen LogP contribution >= 0.6 is 0 Å². The van der Waals surface area contributed by atoms with Crippen LogP contribution in [0.2, 0.25) is 0 Å². The maximum absolute atomic E-state index is 10.2. The number of pyridine rings is 1. The molecule has 1 aromatic heterocycles. The SMILES string of the molecule is Cc1ccc(O)c(-c2cccc(Nc3c(C(C)C)cccc3C(C)C)n2)c1. The highest BCUT2D eigenvalue weighted by Gasteiger charge is 2.15. The van der Waals surface area contributed by atoms with Gasteiger partial charge in [-0.2, -0.15) is 0 Å². The summed E-state index contributed by atoms with van der Waals surface area (Å²) < 4.78 is 0. The van der Waals surface area contributed by atoms with E-state index in [4.69, 9.17) is 4.98 Å². The van der Waals surface area contributed by atoms with Crippen molar-refractivity contribution in [1.82, 2.24) is 4.98 Å². The van der Waals surface area contributed by atoms with E-state index >= 15 is 0 Å². The summed E-state index contributed by atoms with van der Waals surface area (Å²) in [6.07, 6.45) is 0. The molecule has 0 aliphatic rings. The lowest BCUT2D eigenvalue weighted by Gasteiger charge is -2.21. The lowest BCUT2D eigenvalue weighted by Crippen LogP contribution is -2.05. The topological polar surface area (TPSA) is 45.1 Å². The van der Waals surface area contributed by atoms with Gasteiger partial charge in [0.25, 0.3) is 0 Å². The Balaban J connectivity index is 2.04. The molecule has 2 aromatic carbocycles. The molecule has 0 atom stereocenters. The molecule has 1 heterocycles. The summed E-state index contributed by atoms with van der Waals surface area (Å²) in [6, 6.07) is 17.9. The second-order valence-electron chi connectivity index (χ2n) is 7.67. The molecule has 0 spiro atoms. The Kier molecular flexibility index (Phi) is 5.50. The van der Waals surface area contributed by atoms with E-state index in [0.717, 1.165) is 28.3 Å². The number of aryl methyl sites for hydroxylation is 1. The van der Waals surface area contributed by atoms with Crippen LogP contribution in [-0.4, -0.2) is 10.1 Å². The molecular weight excluding hydrogens is 332 g/mol. The maximum atomic E-state index is 10.2. The van der Waals surface area contributed by atoms with Crippen LogP contribution in [0.25, 0.3) is 11.3 Å². The van der Waals surface area contributed by atoms with Crippen LogP contribution in [0, 0.1) is 6.92 Å². The summed E-state index contributed by atoms with van der Waals surface area (Å²) in [5.74, 6) is 1.85. The van der Waals surface area contributed by atoms with Crippen LogP contribution in [0.1, 0.15) is 56.2 Å². The maximum Gasteiger partial charge on any atom is 0.131 e. The van der Waals surface area contributed by atoms with Crippen molar-refractivity contribution >= 4 is 11.5 Å². The smallest absolute Gasteiger partial charge is 0.131 e. The molecule has 0 bridgehead atoms. The van der Waals surface area contributed by atoms with Gasteiger partial charge in [0.1, 0.15) is 11.6 Å².